The number of rotatable bonds is 7. The molecule has 2 atom stereocenters. The van der Waals surface area contributed by atoms with Gasteiger partial charge < -0.3 is 10.1 Å². The number of hydrogen-bond acceptors (Lipinski definition) is 2. The molecule has 0 aliphatic heterocycles. The molecule has 1 rings (SSSR count). The Labute approximate surface area is 128 Å². The quantitative estimate of drug-likeness (QED) is 0.734. The summed E-state index contributed by atoms with van der Waals surface area (Å²) in [5.41, 5.74) is 0.0355. The summed E-state index contributed by atoms with van der Waals surface area (Å²) in [5.74, 6) is -0.990. The molecule has 0 heterocycles. The molecule has 0 aromatic heterocycles. The smallest absolute Gasteiger partial charge is 0.145 e. The van der Waals surface area contributed by atoms with E-state index in [0.717, 1.165) is 6.42 Å². The molecule has 0 saturated carbocycles. The molecule has 20 heavy (non-hydrogen) atoms. The topological polar surface area (TPSA) is 21.3 Å². The highest BCUT2D eigenvalue weighted by Crippen LogP contribution is 2.31. The van der Waals surface area contributed by atoms with Crippen LogP contribution in [0.3, 0.4) is 0 Å². The van der Waals surface area contributed by atoms with Crippen LogP contribution in [0.15, 0.2) is 16.6 Å². The maximum absolute atomic E-state index is 14.3. The van der Waals surface area contributed by atoms with Crippen LogP contribution in [-0.2, 0) is 4.74 Å². The molecule has 1 aromatic rings. The van der Waals surface area contributed by atoms with Crippen LogP contribution in [0.1, 0.15) is 38.8 Å². The van der Waals surface area contributed by atoms with Gasteiger partial charge in [0.1, 0.15) is 11.6 Å². The molecule has 0 amide bonds. The van der Waals surface area contributed by atoms with Crippen LogP contribution in [0.5, 0.6) is 0 Å². The van der Waals surface area contributed by atoms with E-state index in [2.05, 4.69) is 21.2 Å². The van der Waals surface area contributed by atoms with E-state index in [9.17, 15) is 8.78 Å². The molecule has 1 aromatic carbocycles. The SMILES string of the molecule is CCCNC(c1c(F)ccc(Br)c1F)C(OC)C(C)C. The molecule has 0 aliphatic rings. The number of nitrogens with one attached hydrogen (secondary N) is 1. The Bertz CT molecular complexity index is 440. The van der Waals surface area contributed by atoms with Crippen molar-refractivity contribution in [2.24, 2.45) is 5.92 Å². The van der Waals surface area contributed by atoms with E-state index in [-0.39, 0.29) is 22.1 Å². The van der Waals surface area contributed by atoms with Crippen molar-refractivity contribution >= 4 is 15.9 Å². The zero-order valence-electron chi connectivity index (χ0n) is 12.3. The Kier molecular flexibility index (Phi) is 7.06. The van der Waals surface area contributed by atoms with E-state index in [1.807, 2.05) is 20.8 Å². The van der Waals surface area contributed by atoms with Crippen LogP contribution in [0, 0.1) is 17.6 Å². The van der Waals surface area contributed by atoms with Crippen LogP contribution in [-0.4, -0.2) is 19.8 Å². The molecule has 0 fully saturated rings. The number of hydrogen-bond donors (Lipinski definition) is 1. The van der Waals surface area contributed by atoms with Crippen molar-refractivity contribution in [2.45, 2.75) is 39.3 Å². The Balaban J connectivity index is 3.26. The summed E-state index contributed by atoms with van der Waals surface area (Å²) in [6.45, 7) is 6.63. The second-order valence-corrected chi connectivity index (χ2v) is 5.99. The number of methoxy groups -OCH3 is 1. The third-order valence-corrected chi connectivity index (χ3v) is 3.87. The summed E-state index contributed by atoms with van der Waals surface area (Å²) in [6.07, 6.45) is 0.572. The number of ether oxygens (including phenoxy) is 1. The molecular weight excluding hydrogens is 328 g/mol. The number of benzene rings is 1. The van der Waals surface area contributed by atoms with Gasteiger partial charge in [-0.15, -0.1) is 0 Å². The molecule has 0 radical (unpaired) electrons. The van der Waals surface area contributed by atoms with Crippen molar-refractivity contribution in [3.63, 3.8) is 0 Å². The van der Waals surface area contributed by atoms with Crippen molar-refractivity contribution in [3.8, 4) is 0 Å². The lowest BCUT2D eigenvalue weighted by Crippen LogP contribution is -2.38. The summed E-state index contributed by atoms with van der Waals surface area (Å²) in [4.78, 5) is 0. The van der Waals surface area contributed by atoms with Crippen LogP contribution in [0.25, 0.3) is 0 Å². The third-order valence-electron chi connectivity index (χ3n) is 3.26. The van der Waals surface area contributed by atoms with E-state index in [1.54, 1.807) is 7.11 Å². The molecule has 0 aliphatic carbocycles. The molecule has 0 bridgehead atoms. The highest BCUT2D eigenvalue weighted by Gasteiger charge is 2.31. The summed E-state index contributed by atoms with van der Waals surface area (Å²) in [6, 6.07) is 2.13. The minimum absolute atomic E-state index is 0.0355. The van der Waals surface area contributed by atoms with Gasteiger partial charge in [0, 0.05) is 12.7 Å². The van der Waals surface area contributed by atoms with Gasteiger partial charge in [-0.2, -0.15) is 0 Å². The highest BCUT2D eigenvalue weighted by molar-refractivity contribution is 9.10. The standard InChI is InChI=1S/C15H22BrF2NO/c1-5-8-19-14(15(20-4)9(2)3)12-11(17)7-6-10(16)13(12)18/h6-7,9,14-15,19H,5,8H2,1-4H3. The van der Waals surface area contributed by atoms with Gasteiger partial charge in [-0.05, 0) is 46.9 Å². The first-order valence-corrected chi connectivity index (χ1v) is 7.62. The zero-order chi connectivity index (χ0) is 15.3. The van der Waals surface area contributed by atoms with Gasteiger partial charge in [0.05, 0.1) is 16.6 Å². The van der Waals surface area contributed by atoms with E-state index < -0.39 is 17.7 Å². The lowest BCUT2D eigenvalue weighted by atomic mass is 9.92. The van der Waals surface area contributed by atoms with Crippen molar-refractivity contribution in [3.05, 3.63) is 33.8 Å². The van der Waals surface area contributed by atoms with Crippen LogP contribution < -0.4 is 5.32 Å². The van der Waals surface area contributed by atoms with Gasteiger partial charge in [0.15, 0.2) is 0 Å². The molecule has 114 valence electrons. The second-order valence-electron chi connectivity index (χ2n) is 5.13. The Morgan fingerprint density at radius 1 is 1.30 bits per heavy atom. The minimum Gasteiger partial charge on any atom is -0.379 e. The van der Waals surface area contributed by atoms with Crippen molar-refractivity contribution in [2.75, 3.05) is 13.7 Å². The lowest BCUT2D eigenvalue weighted by Gasteiger charge is -2.31. The van der Waals surface area contributed by atoms with E-state index >= 15 is 0 Å². The monoisotopic (exact) mass is 349 g/mol. The van der Waals surface area contributed by atoms with Gasteiger partial charge in [0.2, 0.25) is 0 Å². The molecule has 5 heteroatoms. The van der Waals surface area contributed by atoms with Crippen molar-refractivity contribution in [1.29, 1.82) is 0 Å². The fraction of sp³-hybridized carbons (Fsp3) is 0.600. The fourth-order valence-corrected chi connectivity index (χ4v) is 2.65. The molecule has 1 N–H and O–H groups in total. The average molecular weight is 350 g/mol. The Morgan fingerprint density at radius 3 is 2.45 bits per heavy atom. The summed E-state index contributed by atoms with van der Waals surface area (Å²) in [5, 5.41) is 3.20. The maximum atomic E-state index is 14.3. The Morgan fingerprint density at radius 2 is 1.95 bits per heavy atom. The predicted molar refractivity (Wildman–Crippen MR) is 80.7 cm³/mol. The van der Waals surface area contributed by atoms with Gasteiger partial charge in [-0.25, -0.2) is 8.78 Å². The summed E-state index contributed by atoms with van der Waals surface area (Å²) >= 11 is 3.11. The van der Waals surface area contributed by atoms with Crippen molar-refractivity contribution in [1.82, 2.24) is 5.32 Å². The van der Waals surface area contributed by atoms with Gasteiger partial charge in [0.25, 0.3) is 0 Å². The van der Waals surface area contributed by atoms with Crippen LogP contribution in [0.4, 0.5) is 8.78 Å². The van der Waals surface area contributed by atoms with Gasteiger partial charge >= 0.3 is 0 Å². The van der Waals surface area contributed by atoms with E-state index in [0.29, 0.717) is 6.54 Å². The molecule has 2 nitrogen and oxygen atoms in total. The fourth-order valence-electron chi connectivity index (χ4n) is 2.30. The Hall–Kier alpha value is -0.520. The minimum atomic E-state index is -0.568. The predicted octanol–water partition coefficient (Wildman–Crippen LogP) is 4.44. The molecule has 0 saturated heterocycles. The number of halogens is 3. The highest BCUT2D eigenvalue weighted by atomic mass is 79.9. The summed E-state index contributed by atoms with van der Waals surface area (Å²) < 4.78 is 34.2. The third kappa shape index (κ3) is 3.99. The normalized spacial score (nSPS) is 14.6. The summed E-state index contributed by atoms with van der Waals surface area (Å²) in [7, 11) is 1.57. The molecular formula is C15H22BrF2NO. The molecule has 2 unspecified atom stereocenters. The van der Waals surface area contributed by atoms with Crippen LogP contribution in [0.2, 0.25) is 0 Å². The lowest BCUT2D eigenvalue weighted by molar-refractivity contribution is 0.0305. The first kappa shape index (κ1) is 17.5. The first-order valence-electron chi connectivity index (χ1n) is 6.83. The second kappa shape index (κ2) is 8.05. The van der Waals surface area contributed by atoms with Crippen molar-refractivity contribution < 1.29 is 13.5 Å². The van der Waals surface area contributed by atoms with Gasteiger partial charge in [-0.1, -0.05) is 20.8 Å². The largest absolute Gasteiger partial charge is 0.379 e. The first-order chi connectivity index (χ1) is 9.43. The van der Waals surface area contributed by atoms with E-state index in [1.165, 1.54) is 12.1 Å². The maximum Gasteiger partial charge on any atom is 0.145 e. The average Bonchev–Trinajstić information content (AvgIpc) is 2.40. The zero-order valence-corrected chi connectivity index (χ0v) is 13.9. The van der Waals surface area contributed by atoms with E-state index in [4.69, 9.17) is 4.74 Å². The van der Waals surface area contributed by atoms with Gasteiger partial charge in [-0.3, -0.25) is 0 Å². The molecule has 0 spiro atoms. The van der Waals surface area contributed by atoms with Crippen LogP contribution >= 0.6 is 15.9 Å².